The molecule has 20 heavy (non-hydrogen) atoms. The highest BCUT2D eigenvalue weighted by molar-refractivity contribution is 5.90. The van der Waals surface area contributed by atoms with Crippen molar-refractivity contribution in [3.05, 3.63) is 17.8 Å². The number of methoxy groups -OCH3 is 1. The Balaban J connectivity index is 2.44. The van der Waals surface area contributed by atoms with Gasteiger partial charge >= 0.3 is 6.09 Å². The van der Waals surface area contributed by atoms with Crippen LogP contribution < -0.4 is 15.4 Å². The fourth-order valence-corrected chi connectivity index (χ4v) is 2.54. The summed E-state index contributed by atoms with van der Waals surface area (Å²) < 4.78 is 10.3. The van der Waals surface area contributed by atoms with Gasteiger partial charge in [-0.15, -0.1) is 0 Å². The molecule has 110 valence electrons. The Morgan fingerprint density at radius 1 is 1.50 bits per heavy atom. The highest BCUT2D eigenvalue weighted by Crippen LogP contribution is 2.37. The molecule has 0 spiro atoms. The Bertz CT molecular complexity index is 493. The standard InChI is InChI=1S/C14H21N3O3/c1-4-9-8-10(15)13-11(6-7-12(16-13)19-3)17(9)14(18)20-5-2/h6-7,9-10H,4-5,8,15H2,1-3H3. The van der Waals surface area contributed by atoms with Crippen LogP contribution >= 0.6 is 0 Å². The van der Waals surface area contributed by atoms with Crippen LogP contribution in [0.1, 0.15) is 38.4 Å². The summed E-state index contributed by atoms with van der Waals surface area (Å²) in [5, 5.41) is 0. The molecule has 0 aliphatic carbocycles. The lowest BCUT2D eigenvalue weighted by Gasteiger charge is -2.37. The molecular formula is C14H21N3O3. The van der Waals surface area contributed by atoms with Gasteiger partial charge in [-0.3, -0.25) is 4.90 Å². The third kappa shape index (κ3) is 2.56. The van der Waals surface area contributed by atoms with Crippen LogP contribution in [0.25, 0.3) is 0 Å². The van der Waals surface area contributed by atoms with E-state index >= 15 is 0 Å². The molecule has 0 bridgehead atoms. The number of fused-ring (bicyclic) bond motifs is 1. The lowest BCUT2D eigenvalue weighted by molar-refractivity contribution is 0.155. The van der Waals surface area contributed by atoms with Gasteiger partial charge in [-0.25, -0.2) is 9.78 Å². The van der Waals surface area contributed by atoms with Crippen molar-refractivity contribution in [1.82, 2.24) is 4.98 Å². The fraction of sp³-hybridized carbons (Fsp3) is 0.571. The largest absolute Gasteiger partial charge is 0.481 e. The molecule has 1 aliphatic heterocycles. The van der Waals surface area contributed by atoms with Crippen LogP contribution in [-0.4, -0.2) is 30.8 Å². The van der Waals surface area contributed by atoms with Gasteiger partial charge in [-0.05, 0) is 25.8 Å². The molecule has 6 heteroatoms. The topological polar surface area (TPSA) is 77.7 Å². The first-order valence-corrected chi connectivity index (χ1v) is 6.88. The maximum absolute atomic E-state index is 12.2. The maximum Gasteiger partial charge on any atom is 0.414 e. The first-order valence-electron chi connectivity index (χ1n) is 6.88. The minimum atomic E-state index is -0.348. The van der Waals surface area contributed by atoms with E-state index in [1.54, 1.807) is 25.0 Å². The molecule has 0 radical (unpaired) electrons. The summed E-state index contributed by atoms with van der Waals surface area (Å²) in [5.41, 5.74) is 7.58. The Hall–Kier alpha value is -1.82. The quantitative estimate of drug-likeness (QED) is 0.918. The molecule has 2 rings (SSSR count). The van der Waals surface area contributed by atoms with E-state index in [0.29, 0.717) is 24.6 Å². The van der Waals surface area contributed by atoms with Crippen molar-refractivity contribution in [2.45, 2.75) is 38.8 Å². The summed E-state index contributed by atoms with van der Waals surface area (Å²) >= 11 is 0. The second-order valence-electron chi connectivity index (χ2n) is 4.73. The predicted octanol–water partition coefficient (Wildman–Crippen LogP) is 2.24. The molecule has 1 aliphatic rings. The van der Waals surface area contributed by atoms with E-state index in [4.69, 9.17) is 15.2 Å². The number of anilines is 1. The molecule has 2 heterocycles. The van der Waals surface area contributed by atoms with Gasteiger partial charge in [-0.2, -0.15) is 0 Å². The average molecular weight is 279 g/mol. The van der Waals surface area contributed by atoms with Crippen molar-refractivity contribution in [2.24, 2.45) is 5.73 Å². The number of nitrogens with zero attached hydrogens (tertiary/aromatic N) is 2. The van der Waals surface area contributed by atoms with E-state index in [-0.39, 0.29) is 18.2 Å². The predicted molar refractivity (Wildman–Crippen MR) is 75.9 cm³/mol. The number of aromatic nitrogens is 1. The molecule has 0 saturated heterocycles. The molecule has 0 saturated carbocycles. The van der Waals surface area contributed by atoms with Gasteiger partial charge in [0.05, 0.1) is 31.1 Å². The minimum absolute atomic E-state index is 0.0340. The van der Waals surface area contributed by atoms with Crippen molar-refractivity contribution in [1.29, 1.82) is 0 Å². The fourth-order valence-electron chi connectivity index (χ4n) is 2.54. The third-order valence-corrected chi connectivity index (χ3v) is 3.52. The molecule has 1 aromatic heterocycles. The first kappa shape index (κ1) is 14.6. The zero-order chi connectivity index (χ0) is 14.7. The van der Waals surface area contributed by atoms with Gasteiger partial charge in [0, 0.05) is 12.1 Å². The van der Waals surface area contributed by atoms with E-state index in [2.05, 4.69) is 4.98 Å². The summed E-state index contributed by atoms with van der Waals surface area (Å²) in [6.07, 6.45) is 1.14. The highest BCUT2D eigenvalue weighted by atomic mass is 16.6. The number of carbonyl (C=O) groups excluding carboxylic acids is 1. The van der Waals surface area contributed by atoms with E-state index in [0.717, 1.165) is 12.1 Å². The molecule has 1 amide bonds. The number of carbonyl (C=O) groups is 1. The lowest BCUT2D eigenvalue weighted by Crippen LogP contribution is -2.46. The molecule has 2 N–H and O–H groups in total. The Morgan fingerprint density at radius 2 is 2.25 bits per heavy atom. The average Bonchev–Trinajstić information content (AvgIpc) is 2.46. The van der Waals surface area contributed by atoms with Crippen molar-refractivity contribution in [2.75, 3.05) is 18.6 Å². The second-order valence-corrected chi connectivity index (χ2v) is 4.73. The third-order valence-electron chi connectivity index (χ3n) is 3.52. The monoisotopic (exact) mass is 279 g/mol. The van der Waals surface area contributed by atoms with Gasteiger partial charge in [0.15, 0.2) is 0 Å². The van der Waals surface area contributed by atoms with E-state index in [9.17, 15) is 4.79 Å². The molecule has 6 nitrogen and oxygen atoms in total. The summed E-state index contributed by atoms with van der Waals surface area (Å²) in [6.45, 7) is 4.17. The zero-order valence-corrected chi connectivity index (χ0v) is 12.1. The minimum Gasteiger partial charge on any atom is -0.481 e. The highest BCUT2D eigenvalue weighted by Gasteiger charge is 2.35. The summed E-state index contributed by atoms with van der Waals surface area (Å²) in [5.74, 6) is 0.498. The first-order chi connectivity index (χ1) is 9.62. The Labute approximate surface area is 118 Å². The smallest absolute Gasteiger partial charge is 0.414 e. The second kappa shape index (κ2) is 6.09. The number of hydrogen-bond donors (Lipinski definition) is 1. The van der Waals surface area contributed by atoms with Crippen molar-refractivity contribution in [3.63, 3.8) is 0 Å². The van der Waals surface area contributed by atoms with Gasteiger partial charge in [-0.1, -0.05) is 6.92 Å². The van der Waals surface area contributed by atoms with Crippen LogP contribution in [0.2, 0.25) is 0 Å². The lowest BCUT2D eigenvalue weighted by atomic mass is 9.94. The molecule has 2 unspecified atom stereocenters. The number of pyridine rings is 1. The molecule has 1 aromatic rings. The maximum atomic E-state index is 12.2. The van der Waals surface area contributed by atoms with Gasteiger partial charge in [0.1, 0.15) is 0 Å². The number of ether oxygens (including phenoxy) is 2. The number of nitrogens with two attached hydrogens (primary N) is 1. The number of hydrogen-bond acceptors (Lipinski definition) is 5. The summed E-state index contributed by atoms with van der Waals surface area (Å²) in [4.78, 5) is 18.2. The number of rotatable bonds is 3. The molecular weight excluding hydrogens is 258 g/mol. The van der Waals surface area contributed by atoms with Crippen LogP contribution in [-0.2, 0) is 4.74 Å². The van der Waals surface area contributed by atoms with Crippen LogP contribution in [0, 0.1) is 0 Å². The van der Waals surface area contributed by atoms with Crippen molar-refractivity contribution < 1.29 is 14.3 Å². The van der Waals surface area contributed by atoms with E-state index < -0.39 is 0 Å². The molecule has 0 fully saturated rings. The van der Waals surface area contributed by atoms with Crippen LogP contribution in [0.15, 0.2) is 12.1 Å². The van der Waals surface area contributed by atoms with Crippen molar-refractivity contribution in [3.8, 4) is 5.88 Å². The van der Waals surface area contributed by atoms with Crippen LogP contribution in [0.3, 0.4) is 0 Å². The van der Waals surface area contributed by atoms with E-state index in [1.807, 2.05) is 13.0 Å². The Morgan fingerprint density at radius 3 is 2.85 bits per heavy atom. The van der Waals surface area contributed by atoms with Crippen LogP contribution in [0.4, 0.5) is 10.5 Å². The van der Waals surface area contributed by atoms with Crippen molar-refractivity contribution >= 4 is 11.8 Å². The summed E-state index contributed by atoms with van der Waals surface area (Å²) in [7, 11) is 1.56. The summed E-state index contributed by atoms with van der Waals surface area (Å²) in [6, 6.07) is 3.39. The number of amides is 1. The normalized spacial score (nSPS) is 21.3. The van der Waals surface area contributed by atoms with Gasteiger partial charge in [0.25, 0.3) is 0 Å². The van der Waals surface area contributed by atoms with Gasteiger partial charge < -0.3 is 15.2 Å². The SMILES string of the molecule is CCOC(=O)N1c2ccc(OC)nc2C(N)CC1CC. The van der Waals surface area contributed by atoms with E-state index in [1.165, 1.54) is 0 Å². The van der Waals surface area contributed by atoms with Crippen LogP contribution in [0.5, 0.6) is 5.88 Å². The molecule has 2 atom stereocenters. The molecule has 0 aromatic carbocycles. The Kier molecular flexibility index (Phi) is 4.44. The van der Waals surface area contributed by atoms with Gasteiger partial charge in [0.2, 0.25) is 5.88 Å². The zero-order valence-electron chi connectivity index (χ0n) is 12.1.